The van der Waals surface area contributed by atoms with E-state index in [9.17, 15) is 0 Å². The first kappa shape index (κ1) is 9.90. The van der Waals surface area contributed by atoms with E-state index < -0.39 is 0 Å². The van der Waals surface area contributed by atoms with Gasteiger partial charge in [0, 0.05) is 13.1 Å². The fraction of sp³-hybridized carbons (Fsp3) is 0.667. The van der Waals surface area contributed by atoms with Crippen molar-refractivity contribution in [3.05, 3.63) is 0 Å². The standard InChI is InChI=1S/C6H13N3O2/c1-5(8-10)3-7-4-6(2)9-11/h7,10-11H,3-4H2,1-2H3/b8-5+,9-6+. The molecule has 0 bridgehead atoms. The predicted molar refractivity (Wildman–Crippen MR) is 42.7 cm³/mol. The smallest absolute Gasteiger partial charge is 0.0677 e. The normalized spacial score (nSPS) is 13.6. The van der Waals surface area contributed by atoms with Crippen molar-refractivity contribution in [3.63, 3.8) is 0 Å². The minimum atomic E-state index is 0.489. The van der Waals surface area contributed by atoms with Crippen molar-refractivity contribution in [2.75, 3.05) is 13.1 Å². The Balaban J connectivity index is 3.43. The molecule has 3 N–H and O–H groups in total. The Morgan fingerprint density at radius 2 is 1.45 bits per heavy atom. The van der Waals surface area contributed by atoms with E-state index in [0.29, 0.717) is 24.5 Å². The van der Waals surface area contributed by atoms with Gasteiger partial charge in [0.15, 0.2) is 0 Å². The maximum Gasteiger partial charge on any atom is 0.0677 e. The van der Waals surface area contributed by atoms with Crippen LogP contribution >= 0.6 is 0 Å². The SMILES string of the molecule is C/C(CNC/C(C)=N/O)=N\O. The molecule has 0 aliphatic rings. The molecule has 0 rings (SSSR count). The average Bonchev–Trinajstić information content (AvgIpc) is 2.04. The summed E-state index contributed by atoms with van der Waals surface area (Å²) < 4.78 is 0. The lowest BCUT2D eigenvalue weighted by Crippen LogP contribution is -2.26. The molecule has 0 spiro atoms. The lowest BCUT2D eigenvalue weighted by atomic mass is 10.4. The molecule has 0 aromatic rings. The molecule has 0 heterocycles. The van der Waals surface area contributed by atoms with E-state index in [0.717, 1.165) is 0 Å². The Hall–Kier alpha value is -1.10. The van der Waals surface area contributed by atoms with Gasteiger partial charge < -0.3 is 15.7 Å². The third-order valence-electron chi connectivity index (χ3n) is 1.10. The molecule has 0 aromatic heterocycles. The van der Waals surface area contributed by atoms with E-state index in [1.165, 1.54) is 0 Å². The van der Waals surface area contributed by atoms with Gasteiger partial charge in [0.1, 0.15) is 0 Å². The van der Waals surface area contributed by atoms with Crippen molar-refractivity contribution >= 4 is 11.4 Å². The van der Waals surface area contributed by atoms with E-state index >= 15 is 0 Å². The summed E-state index contributed by atoms with van der Waals surface area (Å²) >= 11 is 0. The van der Waals surface area contributed by atoms with Gasteiger partial charge in [-0.2, -0.15) is 0 Å². The summed E-state index contributed by atoms with van der Waals surface area (Å²) in [6.45, 7) is 4.36. The zero-order valence-electron chi connectivity index (χ0n) is 6.70. The summed E-state index contributed by atoms with van der Waals surface area (Å²) in [6.07, 6.45) is 0. The fourth-order valence-electron chi connectivity index (χ4n) is 0.495. The van der Waals surface area contributed by atoms with Crippen LogP contribution in [0.5, 0.6) is 0 Å². The Bertz CT molecular complexity index is 147. The van der Waals surface area contributed by atoms with Gasteiger partial charge in [0.05, 0.1) is 11.4 Å². The second-order valence-corrected chi connectivity index (χ2v) is 2.27. The Morgan fingerprint density at radius 3 is 1.73 bits per heavy atom. The van der Waals surface area contributed by atoms with Crippen LogP contribution in [0.4, 0.5) is 0 Å². The molecular weight excluding hydrogens is 146 g/mol. The summed E-state index contributed by atoms with van der Waals surface area (Å²) in [7, 11) is 0. The number of hydrogen-bond donors (Lipinski definition) is 3. The molecule has 5 nitrogen and oxygen atoms in total. The first-order valence-electron chi connectivity index (χ1n) is 3.26. The zero-order valence-corrected chi connectivity index (χ0v) is 6.70. The second-order valence-electron chi connectivity index (χ2n) is 2.27. The molecule has 0 aromatic carbocycles. The molecule has 0 fully saturated rings. The minimum Gasteiger partial charge on any atom is -0.411 e. The van der Waals surface area contributed by atoms with E-state index in [2.05, 4.69) is 15.6 Å². The van der Waals surface area contributed by atoms with Crippen molar-refractivity contribution < 1.29 is 10.4 Å². The maximum atomic E-state index is 8.23. The average molecular weight is 159 g/mol. The molecule has 5 heteroatoms. The van der Waals surface area contributed by atoms with Gasteiger partial charge in [-0.05, 0) is 13.8 Å². The molecule has 0 saturated heterocycles. The van der Waals surface area contributed by atoms with Crippen LogP contribution in [0.25, 0.3) is 0 Å². The Kier molecular flexibility index (Phi) is 5.10. The molecule has 0 aliphatic carbocycles. The van der Waals surface area contributed by atoms with Crippen LogP contribution in [0.1, 0.15) is 13.8 Å². The predicted octanol–water partition coefficient (Wildman–Crippen LogP) is 0.276. The first-order chi connectivity index (χ1) is 5.20. The van der Waals surface area contributed by atoms with Crippen LogP contribution in [0, 0.1) is 0 Å². The van der Waals surface area contributed by atoms with Gasteiger partial charge >= 0.3 is 0 Å². The number of oxime groups is 2. The molecule has 0 atom stereocenters. The van der Waals surface area contributed by atoms with E-state index in [1.54, 1.807) is 13.8 Å². The van der Waals surface area contributed by atoms with E-state index in [4.69, 9.17) is 10.4 Å². The summed E-state index contributed by atoms with van der Waals surface area (Å²) in [5, 5.41) is 25.3. The molecule has 0 aliphatic heterocycles. The summed E-state index contributed by atoms with van der Waals surface area (Å²) in [5.41, 5.74) is 1.19. The molecular formula is C6H13N3O2. The number of rotatable bonds is 4. The lowest BCUT2D eigenvalue weighted by Gasteiger charge is -2.00. The highest BCUT2D eigenvalue weighted by Crippen LogP contribution is 1.74. The van der Waals surface area contributed by atoms with Crippen molar-refractivity contribution in [3.8, 4) is 0 Å². The highest BCUT2D eigenvalue weighted by atomic mass is 16.4. The molecule has 0 saturated carbocycles. The molecule has 0 radical (unpaired) electrons. The zero-order chi connectivity index (χ0) is 8.69. The molecule has 64 valence electrons. The van der Waals surface area contributed by atoms with Crippen molar-refractivity contribution in [1.82, 2.24) is 5.32 Å². The van der Waals surface area contributed by atoms with Crippen LogP contribution in [-0.4, -0.2) is 34.9 Å². The van der Waals surface area contributed by atoms with Gasteiger partial charge in [0.2, 0.25) is 0 Å². The second kappa shape index (κ2) is 5.67. The van der Waals surface area contributed by atoms with Gasteiger partial charge in [-0.15, -0.1) is 0 Å². The monoisotopic (exact) mass is 159 g/mol. The van der Waals surface area contributed by atoms with Crippen molar-refractivity contribution in [2.24, 2.45) is 10.3 Å². The summed E-state index contributed by atoms with van der Waals surface area (Å²) in [6, 6.07) is 0. The van der Waals surface area contributed by atoms with Crippen LogP contribution < -0.4 is 5.32 Å². The number of hydrogen-bond acceptors (Lipinski definition) is 5. The quantitative estimate of drug-likeness (QED) is 0.313. The van der Waals surface area contributed by atoms with Gasteiger partial charge in [-0.1, -0.05) is 10.3 Å². The maximum absolute atomic E-state index is 8.23. The third-order valence-corrected chi connectivity index (χ3v) is 1.10. The van der Waals surface area contributed by atoms with E-state index in [1.807, 2.05) is 0 Å². The largest absolute Gasteiger partial charge is 0.411 e. The molecule has 11 heavy (non-hydrogen) atoms. The van der Waals surface area contributed by atoms with Gasteiger partial charge in [-0.25, -0.2) is 0 Å². The molecule has 0 amide bonds. The third kappa shape index (κ3) is 5.35. The Labute approximate surface area is 65.4 Å². The van der Waals surface area contributed by atoms with Crippen molar-refractivity contribution in [1.29, 1.82) is 0 Å². The summed E-state index contributed by atoms with van der Waals surface area (Å²) in [4.78, 5) is 0. The van der Waals surface area contributed by atoms with Crippen LogP contribution in [0.3, 0.4) is 0 Å². The number of nitrogens with zero attached hydrogens (tertiary/aromatic N) is 2. The van der Waals surface area contributed by atoms with Crippen LogP contribution in [0.2, 0.25) is 0 Å². The first-order valence-corrected chi connectivity index (χ1v) is 3.26. The highest BCUT2D eigenvalue weighted by Gasteiger charge is 1.92. The number of nitrogens with one attached hydrogen (secondary N) is 1. The topological polar surface area (TPSA) is 77.2 Å². The van der Waals surface area contributed by atoms with E-state index in [-0.39, 0.29) is 0 Å². The molecule has 0 unspecified atom stereocenters. The van der Waals surface area contributed by atoms with Crippen LogP contribution in [-0.2, 0) is 0 Å². The van der Waals surface area contributed by atoms with Gasteiger partial charge in [-0.3, -0.25) is 0 Å². The lowest BCUT2D eigenvalue weighted by molar-refractivity contribution is 0.316. The summed E-state index contributed by atoms with van der Waals surface area (Å²) in [5.74, 6) is 0. The minimum absolute atomic E-state index is 0.489. The van der Waals surface area contributed by atoms with Gasteiger partial charge in [0.25, 0.3) is 0 Å². The highest BCUT2D eigenvalue weighted by molar-refractivity contribution is 5.86. The fourth-order valence-corrected chi connectivity index (χ4v) is 0.495. The van der Waals surface area contributed by atoms with Crippen LogP contribution in [0.15, 0.2) is 10.3 Å². The van der Waals surface area contributed by atoms with Crippen molar-refractivity contribution in [2.45, 2.75) is 13.8 Å². The Morgan fingerprint density at radius 1 is 1.09 bits per heavy atom.